The van der Waals surface area contributed by atoms with Crippen LogP contribution in [0.1, 0.15) is 0 Å². The van der Waals surface area contributed by atoms with E-state index >= 15 is 0 Å². The Morgan fingerprint density at radius 2 is 1.83 bits per heavy atom. The third-order valence-corrected chi connectivity index (χ3v) is 5.61. The number of nitrogens with zero attached hydrogens (tertiary/aromatic N) is 5. The van der Waals surface area contributed by atoms with Crippen LogP contribution in [0.15, 0.2) is 66.1 Å². The molecular weight excluding hydrogens is 382 g/mol. The van der Waals surface area contributed by atoms with Crippen LogP contribution < -0.4 is 0 Å². The van der Waals surface area contributed by atoms with E-state index in [0.717, 1.165) is 50.1 Å². The van der Waals surface area contributed by atoms with E-state index in [1.54, 1.807) is 29.9 Å². The van der Waals surface area contributed by atoms with Crippen molar-refractivity contribution in [3.8, 4) is 33.8 Å². The van der Waals surface area contributed by atoms with Crippen molar-refractivity contribution in [3.05, 3.63) is 66.1 Å². The minimum absolute atomic E-state index is 0.800. The van der Waals surface area contributed by atoms with Gasteiger partial charge >= 0.3 is 0 Å². The van der Waals surface area contributed by atoms with Crippen molar-refractivity contribution < 1.29 is 0 Å². The molecule has 0 aliphatic carbocycles. The molecule has 0 saturated heterocycles. The number of hydrogen-bond donors (Lipinski definition) is 2. The average molecular weight is 395 g/mol. The average Bonchev–Trinajstić information content (AvgIpc) is 3.52. The lowest BCUT2D eigenvalue weighted by atomic mass is 10.1. The smallest absolute Gasteiger partial charge is 0.138 e. The second kappa shape index (κ2) is 6.32. The van der Waals surface area contributed by atoms with Gasteiger partial charge in [0.15, 0.2) is 0 Å². The quantitative estimate of drug-likeness (QED) is 0.453. The topological polar surface area (TPSA) is 96.0 Å². The van der Waals surface area contributed by atoms with Crippen molar-refractivity contribution >= 4 is 33.3 Å². The molecular formula is C21H13N7S. The summed E-state index contributed by atoms with van der Waals surface area (Å²) in [5, 5.41) is 13.9. The zero-order valence-corrected chi connectivity index (χ0v) is 15.8. The first-order chi connectivity index (χ1) is 14.4. The van der Waals surface area contributed by atoms with Crippen molar-refractivity contribution in [2.75, 3.05) is 0 Å². The second-order valence-corrected chi connectivity index (χ2v) is 7.41. The molecule has 138 valence electrons. The molecule has 7 nitrogen and oxygen atoms in total. The molecule has 6 aromatic rings. The predicted octanol–water partition coefficient (Wildman–Crippen LogP) is 4.69. The third kappa shape index (κ3) is 2.61. The summed E-state index contributed by atoms with van der Waals surface area (Å²) in [6, 6.07) is 8.28. The van der Waals surface area contributed by atoms with Gasteiger partial charge in [-0.1, -0.05) is 0 Å². The zero-order valence-electron chi connectivity index (χ0n) is 15.0. The summed E-state index contributed by atoms with van der Waals surface area (Å²) in [5.41, 5.74) is 7.44. The summed E-state index contributed by atoms with van der Waals surface area (Å²) >= 11 is 1.68. The molecule has 0 aliphatic heterocycles. The summed E-state index contributed by atoms with van der Waals surface area (Å²) in [6.07, 6.45) is 8.62. The van der Waals surface area contributed by atoms with E-state index in [9.17, 15) is 0 Å². The lowest BCUT2D eigenvalue weighted by molar-refractivity contribution is 1.11. The van der Waals surface area contributed by atoms with Crippen molar-refractivity contribution in [1.29, 1.82) is 0 Å². The second-order valence-electron chi connectivity index (χ2n) is 6.63. The van der Waals surface area contributed by atoms with Gasteiger partial charge < -0.3 is 4.98 Å². The Balaban J connectivity index is 1.53. The first-order valence-corrected chi connectivity index (χ1v) is 9.91. The van der Waals surface area contributed by atoms with Gasteiger partial charge in [0, 0.05) is 34.9 Å². The van der Waals surface area contributed by atoms with Gasteiger partial charge in [-0.2, -0.15) is 16.4 Å². The summed E-state index contributed by atoms with van der Waals surface area (Å²) in [7, 11) is 0. The Kier molecular flexibility index (Phi) is 3.50. The molecule has 0 spiro atoms. The van der Waals surface area contributed by atoms with Gasteiger partial charge in [0.25, 0.3) is 0 Å². The van der Waals surface area contributed by atoms with Gasteiger partial charge in [0.2, 0.25) is 0 Å². The maximum Gasteiger partial charge on any atom is 0.138 e. The molecule has 0 radical (unpaired) electrons. The van der Waals surface area contributed by atoms with Gasteiger partial charge in [-0.3, -0.25) is 10.1 Å². The fourth-order valence-corrected chi connectivity index (χ4v) is 4.19. The van der Waals surface area contributed by atoms with E-state index in [-0.39, 0.29) is 0 Å². The number of rotatable bonds is 3. The van der Waals surface area contributed by atoms with Crippen LogP contribution in [0.25, 0.3) is 55.7 Å². The maximum absolute atomic E-state index is 4.53. The number of fused-ring (bicyclic) bond motifs is 2. The lowest BCUT2D eigenvalue weighted by Gasteiger charge is -2.00. The molecule has 0 saturated carbocycles. The highest BCUT2D eigenvalue weighted by molar-refractivity contribution is 7.08. The molecule has 0 aliphatic rings. The van der Waals surface area contributed by atoms with Crippen LogP contribution in [0.2, 0.25) is 0 Å². The van der Waals surface area contributed by atoms with E-state index in [1.165, 1.54) is 11.9 Å². The standard InChI is InChI=1S/C21H13N7S/c1-3-24-21-15(14(1)12-2-4-29-10-12)5-18(26-21)20-16-6-17(13-7-22-11-23-8-13)25-9-19(16)27-28-20/h1-11H,(H,24,26)(H,27,28). The molecule has 8 heteroatoms. The number of pyridine rings is 2. The first-order valence-electron chi connectivity index (χ1n) is 8.97. The highest BCUT2D eigenvalue weighted by atomic mass is 32.1. The van der Waals surface area contributed by atoms with Crippen LogP contribution in [-0.2, 0) is 0 Å². The van der Waals surface area contributed by atoms with E-state index in [2.05, 4.69) is 58.0 Å². The Labute approximate surface area is 168 Å². The molecule has 6 rings (SSSR count). The number of aromatic amines is 2. The van der Waals surface area contributed by atoms with Gasteiger partial charge in [-0.05, 0) is 46.2 Å². The molecule has 0 aromatic carbocycles. The Hall–Kier alpha value is -3.91. The number of thiophene rings is 1. The fraction of sp³-hybridized carbons (Fsp3) is 0. The van der Waals surface area contributed by atoms with Gasteiger partial charge in [-0.25, -0.2) is 15.0 Å². The zero-order chi connectivity index (χ0) is 19.2. The molecule has 6 aromatic heterocycles. The van der Waals surface area contributed by atoms with Crippen LogP contribution in [0, 0.1) is 0 Å². The minimum atomic E-state index is 0.800. The van der Waals surface area contributed by atoms with Gasteiger partial charge in [-0.15, -0.1) is 0 Å². The van der Waals surface area contributed by atoms with Crippen LogP contribution in [0.3, 0.4) is 0 Å². The summed E-state index contributed by atoms with van der Waals surface area (Å²) in [4.78, 5) is 20.6. The van der Waals surface area contributed by atoms with Crippen molar-refractivity contribution in [3.63, 3.8) is 0 Å². The summed E-state index contributed by atoms with van der Waals surface area (Å²) in [6.45, 7) is 0. The first kappa shape index (κ1) is 16.1. The predicted molar refractivity (Wildman–Crippen MR) is 113 cm³/mol. The summed E-state index contributed by atoms with van der Waals surface area (Å²) < 4.78 is 0. The fourth-order valence-electron chi connectivity index (χ4n) is 3.54. The third-order valence-electron chi connectivity index (χ3n) is 4.92. The summed E-state index contributed by atoms with van der Waals surface area (Å²) in [5.74, 6) is 0. The molecule has 0 bridgehead atoms. The van der Waals surface area contributed by atoms with Gasteiger partial charge in [0.1, 0.15) is 17.7 Å². The monoisotopic (exact) mass is 395 g/mol. The number of H-pyrrole nitrogens is 2. The Morgan fingerprint density at radius 3 is 2.69 bits per heavy atom. The van der Waals surface area contributed by atoms with Crippen LogP contribution in [-0.4, -0.2) is 35.1 Å². The number of nitrogens with one attached hydrogen (secondary N) is 2. The van der Waals surface area contributed by atoms with E-state index < -0.39 is 0 Å². The molecule has 6 heterocycles. The van der Waals surface area contributed by atoms with Crippen molar-refractivity contribution in [2.45, 2.75) is 0 Å². The number of aromatic nitrogens is 7. The van der Waals surface area contributed by atoms with Crippen LogP contribution >= 0.6 is 11.3 Å². The normalized spacial score (nSPS) is 11.4. The molecule has 0 atom stereocenters. The lowest BCUT2D eigenvalue weighted by Crippen LogP contribution is -1.86. The van der Waals surface area contributed by atoms with E-state index in [0.29, 0.717) is 0 Å². The van der Waals surface area contributed by atoms with E-state index in [1.807, 2.05) is 18.3 Å². The highest BCUT2D eigenvalue weighted by Crippen LogP contribution is 2.34. The molecule has 0 fully saturated rings. The van der Waals surface area contributed by atoms with Crippen molar-refractivity contribution in [2.24, 2.45) is 0 Å². The minimum Gasteiger partial charge on any atom is -0.338 e. The number of hydrogen-bond acceptors (Lipinski definition) is 6. The Bertz CT molecular complexity index is 1450. The van der Waals surface area contributed by atoms with Gasteiger partial charge in [0.05, 0.1) is 23.1 Å². The van der Waals surface area contributed by atoms with Crippen LogP contribution in [0.4, 0.5) is 0 Å². The SMILES string of the molecule is c1ncc(-c2cc3c(-c4cc5c(-c6ccsc6)ccnc5[nH]4)n[nH]c3cn2)cn1. The maximum atomic E-state index is 4.53. The highest BCUT2D eigenvalue weighted by Gasteiger charge is 2.15. The van der Waals surface area contributed by atoms with Crippen LogP contribution in [0.5, 0.6) is 0 Å². The molecule has 0 unspecified atom stereocenters. The molecule has 29 heavy (non-hydrogen) atoms. The molecule has 0 amide bonds. The van der Waals surface area contributed by atoms with E-state index in [4.69, 9.17) is 0 Å². The Morgan fingerprint density at radius 1 is 0.897 bits per heavy atom. The molecule has 2 N–H and O–H groups in total. The van der Waals surface area contributed by atoms with Crippen molar-refractivity contribution in [1.82, 2.24) is 35.1 Å². The largest absolute Gasteiger partial charge is 0.338 e.